The van der Waals surface area contributed by atoms with Crippen LogP contribution in [0.25, 0.3) is 0 Å². The van der Waals surface area contributed by atoms with Gasteiger partial charge in [-0.15, -0.1) is 0 Å². The van der Waals surface area contributed by atoms with Crippen molar-refractivity contribution in [1.82, 2.24) is 5.32 Å². The van der Waals surface area contributed by atoms with Crippen LogP contribution < -0.4 is 5.32 Å². The van der Waals surface area contributed by atoms with E-state index in [0.29, 0.717) is 12.0 Å². The SMILES string of the molecule is CCNC1CC1c1ccc(C(F)(F)F)cc1. The lowest BCUT2D eigenvalue weighted by Gasteiger charge is -2.07. The molecule has 2 unspecified atom stereocenters. The molecule has 4 heteroatoms. The zero-order valence-electron chi connectivity index (χ0n) is 9.01. The van der Waals surface area contributed by atoms with Crippen molar-refractivity contribution in [3.8, 4) is 0 Å². The molecule has 1 aliphatic rings. The molecule has 16 heavy (non-hydrogen) atoms. The number of likely N-dealkylation sites (N-methyl/N-ethyl adjacent to an activating group) is 1. The van der Waals surface area contributed by atoms with Crippen molar-refractivity contribution >= 4 is 0 Å². The molecule has 2 rings (SSSR count). The van der Waals surface area contributed by atoms with Gasteiger partial charge in [0.05, 0.1) is 5.56 Å². The standard InChI is InChI=1S/C12H14F3N/c1-2-16-11-7-10(11)8-3-5-9(6-4-8)12(13,14)15/h3-6,10-11,16H,2,7H2,1H3. The normalized spacial score (nSPS) is 24.5. The molecule has 1 fully saturated rings. The summed E-state index contributed by atoms with van der Waals surface area (Å²) in [6, 6.07) is 5.95. The monoisotopic (exact) mass is 229 g/mol. The molecule has 0 saturated heterocycles. The summed E-state index contributed by atoms with van der Waals surface area (Å²) in [7, 11) is 0. The lowest BCUT2D eigenvalue weighted by atomic mass is 10.1. The van der Waals surface area contributed by atoms with Crippen LogP contribution in [0.15, 0.2) is 24.3 Å². The van der Waals surface area contributed by atoms with Crippen molar-refractivity contribution in [2.75, 3.05) is 6.54 Å². The van der Waals surface area contributed by atoms with Gasteiger partial charge in [0, 0.05) is 12.0 Å². The Balaban J connectivity index is 2.04. The summed E-state index contributed by atoms with van der Waals surface area (Å²) in [6.45, 7) is 2.93. The lowest BCUT2D eigenvalue weighted by molar-refractivity contribution is -0.137. The summed E-state index contributed by atoms with van der Waals surface area (Å²) >= 11 is 0. The van der Waals surface area contributed by atoms with Crippen molar-refractivity contribution in [1.29, 1.82) is 0 Å². The van der Waals surface area contributed by atoms with Crippen LogP contribution in [0, 0.1) is 0 Å². The van der Waals surface area contributed by atoms with Gasteiger partial charge in [-0.25, -0.2) is 0 Å². The Kier molecular flexibility index (Phi) is 2.93. The van der Waals surface area contributed by atoms with Gasteiger partial charge in [0.15, 0.2) is 0 Å². The zero-order valence-corrected chi connectivity index (χ0v) is 9.01. The smallest absolute Gasteiger partial charge is 0.314 e. The highest BCUT2D eigenvalue weighted by atomic mass is 19.4. The molecule has 0 bridgehead atoms. The van der Waals surface area contributed by atoms with Gasteiger partial charge >= 0.3 is 6.18 Å². The third-order valence-corrected chi connectivity index (χ3v) is 2.92. The second kappa shape index (κ2) is 4.09. The predicted molar refractivity (Wildman–Crippen MR) is 56.3 cm³/mol. The van der Waals surface area contributed by atoms with Crippen LogP contribution in [0.3, 0.4) is 0 Å². The van der Waals surface area contributed by atoms with E-state index in [1.165, 1.54) is 0 Å². The summed E-state index contributed by atoms with van der Waals surface area (Å²) in [6.07, 6.45) is -3.21. The van der Waals surface area contributed by atoms with Crippen LogP contribution in [0.2, 0.25) is 0 Å². The first kappa shape index (κ1) is 11.5. The molecule has 1 aromatic rings. The first-order valence-electron chi connectivity index (χ1n) is 5.43. The molecule has 2 atom stereocenters. The van der Waals surface area contributed by atoms with Crippen molar-refractivity contribution in [3.63, 3.8) is 0 Å². The molecule has 1 aliphatic carbocycles. The third kappa shape index (κ3) is 2.38. The van der Waals surface area contributed by atoms with E-state index in [9.17, 15) is 13.2 Å². The molecule has 88 valence electrons. The average molecular weight is 229 g/mol. The molecule has 0 aromatic heterocycles. The molecular weight excluding hydrogens is 215 g/mol. The Morgan fingerprint density at radius 1 is 1.25 bits per heavy atom. The Morgan fingerprint density at radius 2 is 1.88 bits per heavy atom. The van der Waals surface area contributed by atoms with Gasteiger partial charge in [-0.3, -0.25) is 0 Å². The number of rotatable bonds is 3. The van der Waals surface area contributed by atoms with Crippen LogP contribution in [0.5, 0.6) is 0 Å². The number of hydrogen-bond acceptors (Lipinski definition) is 1. The van der Waals surface area contributed by atoms with Gasteiger partial charge in [0.2, 0.25) is 0 Å². The van der Waals surface area contributed by atoms with Gasteiger partial charge in [-0.2, -0.15) is 13.2 Å². The highest BCUT2D eigenvalue weighted by Gasteiger charge is 2.38. The van der Waals surface area contributed by atoms with E-state index in [-0.39, 0.29) is 0 Å². The van der Waals surface area contributed by atoms with Gasteiger partial charge < -0.3 is 5.32 Å². The Labute approximate surface area is 92.7 Å². The van der Waals surface area contributed by atoms with Crippen LogP contribution in [-0.2, 0) is 6.18 Å². The van der Waals surface area contributed by atoms with Crippen LogP contribution in [0.1, 0.15) is 30.4 Å². The molecule has 0 radical (unpaired) electrons. The van der Waals surface area contributed by atoms with E-state index in [2.05, 4.69) is 5.32 Å². The minimum absolute atomic E-state index is 0.391. The Hall–Kier alpha value is -1.03. The second-order valence-corrected chi connectivity index (χ2v) is 4.13. The van der Waals surface area contributed by atoms with Crippen molar-refractivity contribution in [2.45, 2.75) is 31.5 Å². The number of hydrogen-bond donors (Lipinski definition) is 1. The quantitative estimate of drug-likeness (QED) is 0.839. The molecule has 0 heterocycles. The maximum absolute atomic E-state index is 12.3. The van der Waals surface area contributed by atoms with Gasteiger partial charge in [-0.05, 0) is 30.7 Å². The molecule has 1 nitrogen and oxygen atoms in total. The molecule has 0 amide bonds. The largest absolute Gasteiger partial charge is 0.416 e. The predicted octanol–water partition coefficient (Wildman–Crippen LogP) is 3.17. The minimum atomic E-state index is -4.23. The third-order valence-electron chi connectivity index (χ3n) is 2.92. The second-order valence-electron chi connectivity index (χ2n) is 4.13. The summed E-state index contributed by atoms with van der Waals surface area (Å²) in [5.74, 6) is 0.391. The van der Waals surface area contributed by atoms with E-state index in [1.807, 2.05) is 6.92 Å². The maximum atomic E-state index is 12.3. The molecule has 1 aromatic carbocycles. The van der Waals surface area contributed by atoms with E-state index >= 15 is 0 Å². The summed E-state index contributed by atoms with van der Waals surface area (Å²) in [5.41, 5.74) is 0.427. The summed E-state index contributed by atoms with van der Waals surface area (Å²) in [4.78, 5) is 0. The van der Waals surface area contributed by atoms with Gasteiger partial charge in [0.25, 0.3) is 0 Å². The fourth-order valence-electron chi connectivity index (χ4n) is 1.97. The fraction of sp³-hybridized carbons (Fsp3) is 0.500. The summed E-state index contributed by atoms with van der Waals surface area (Å²) in [5, 5.41) is 3.29. The molecule has 1 saturated carbocycles. The van der Waals surface area contributed by atoms with Crippen LogP contribution in [-0.4, -0.2) is 12.6 Å². The summed E-state index contributed by atoms with van der Waals surface area (Å²) < 4.78 is 37.0. The molecule has 0 aliphatic heterocycles. The Morgan fingerprint density at radius 3 is 2.38 bits per heavy atom. The highest BCUT2D eigenvalue weighted by molar-refractivity contribution is 5.32. The van der Waals surface area contributed by atoms with Crippen molar-refractivity contribution in [2.24, 2.45) is 0 Å². The topological polar surface area (TPSA) is 12.0 Å². The van der Waals surface area contributed by atoms with Gasteiger partial charge in [-0.1, -0.05) is 19.1 Å². The molecule has 1 N–H and O–H groups in total. The van der Waals surface area contributed by atoms with Crippen LogP contribution in [0.4, 0.5) is 13.2 Å². The van der Waals surface area contributed by atoms with E-state index in [4.69, 9.17) is 0 Å². The van der Waals surface area contributed by atoms with E-state index in [0.717, 1.165) is 30.7 Å². The average Bonchev–Trinajstić information content (AvgIpc) is 2.97. The minimum Gasteiger partial charge on any atom is -0.314 e. The zero-order chi connectivity index (χ0) is 11.8. The number of nitrogens with one attached hydrogen (secondary N) is 1. The van der Waals surface area contributed by atoms with Crippen molar-refractivity contribution < 1.29 is 13.2 Å². The lowest BCUT2D eigenvalue weighted by Crippen LogP contribution is -2.16. The molecular formula is C12H14F3N. The first-order valence-corrected chi connectivity index (χ1v) is 5.43. The Bertz CT molecular complexity index is 356. The van der Waals surface area contributed by atoms with Crippen molar-refractivity contribution in [3.05, 3.63) is 35.4 Å². The van der Waals surface area contributed by atoms with E-state index < -0.39 is 11.7 Å². The highest BCUT2D eigenvalue weighted by Crippen LogP contribution is 2.41. The molecule has 0 spiro atoms. The van der Waals surface area contributed by atoms with E-state index in [1.54, 1.807) is 12.1 Å². The maximum Gasteiger partial charge on any atom is 0.416 e. The fourth-order valence-corrected chi connectivity index (χ4v) is 1.97. The first-order chi connectivity index (χ1) is 7.52. The number of benzene rings is 1. The number of alkyl halides is 3. The van der Waals surface area contributed by atoms with Crippen LogP contribution >= 0.6 is 0 Å². The van der Waals surface area contributed by atoms with Gasteiger partial charge in [0.1, 0.15) is 0 Å². The number of halogens is 3.